The lowest BCUT2D eigenvalue weighted by Crippen LogP contribution is -2.29. The molecule has 7 heteroatoms. The summed E-state index contributed by atoms with van der Waals surface area (Å²) in [5, 5.41) is 14.0. The number of anilines is 1. The highest BCUT2D eigenvalue weighted by molar-refractivity contribution is 7.80. The van der Waals surface area contributed by atoms with Gasteiger partial charge < -0.3 is 19.9 Å². The van der Waals surface area contributed by atoms with Crippen LogP contribution in [0.25, 0.3) is 5.69 Å². The Labute approximate surface area is 216 Å². The van der Waals surface area contributed by atoms with E-state index >= 15 is 0 Å². The molecule has 2 atom stereocenters. The predicted molar refractivity (Wildman–Crippen MR) is 146 cm³/mol. The Hall–Kier alpha value is -3.97. The summed E-state index contributed by atoms with van der Waals surface area (Å²) in [5.41, 5.74) is 8.20. The standard InChI is InChI=1S/C29H28N4O2S/c1-17-12-13-21(15-18(17)2)33-27(26(31-29(33)36)24-10-7-8-14-30-24)23-16-19(3)32(20(23)4)25-11-6-5-9-22(25)28(34)35/h5-16,26-27H,1-4H3,(H,31,36)(H,34,35)/t26-,27+/m1/s1. The number of aromatic carboxylic acids is 1. The van der Waals surface area contributed by atoms with Crippen LogP contribution >= 0.6 is 12.2 Å². The third-order valence-electron chi connectivity index (χ3n) is 7.03. The second-order valence-electron chi connectivity index (χ2n) is 9.25. The Morgan fingerprint density at radius 1 is 0.972 bits per heavy atom. The largest absolute Gasteiger partial charge is 0.478 e. The minimum Gasteiger partial charge on any atom is -0.478 e. The highest BCUT2D eigenvalue weighted by Gasteiger charge is 2.42. The van der Waals surface area contributed by atoms with Crippen molar-refractivity contribution >= 4 is 29.0 Å². The fourth-order valence-corrected chi connectivity index (χ4v) is 5.48. The lowest BCUT2D eigenvalue weighted by molar-refractivity contribution is 0.0697. The molecule has 5 rings (SSSR count). The summed E-state index contributed by atoms with van der Waals surface area (Å²) < 4.78 is 2.02. The molecule has 0 amide bonds. The van der Waals surface area contributed by atoms with Crippen LogP contribution in [0.2, 0.25) is 0 Å². The number of thiocarbonyl (C=S) groups is 1. The number of benzene rings is 2. The predicted octanol–water partition coefficient (Wildman–Crippen LogP) is 5.98. The second-order valence-corrected chi connectivity index (χ2v) is 9.64. The molecule has 0 radical (unpaired) electrons. The lowest BCUT2D eigenvalue weighted by atomic mass is 9.96. The number of aryl methyl sites for hydroxylation is 3. The van der Waals surface area contributed by atoms with Crippen molar-refractivity contribution in [2.75, 3.05) is 4.90 Å². The fraction of sp³-hybridized carbons (Fsp3) is 0.207. The number of carboxylic acid groups (broad SMARTS) is 1. The first-order valence-corrected chi connectivity index (χ1v) is 12.3. The van der Waals surface area contributed by atoms with E-state index in [1.165, 1.54) is 11.1 Å². The molecule has 0 aliphatic carbocycles. The van der Waals surface area contributed by atoms with E-state index in [2.05, 4.69) is 53.3 Å². The molecular formula is C29H28N4O2S. The van der Waals surface area contributed by atoms with E-state index < -0.39 is 5.97 Å². The van der Waals surface area contributed by atoms with Gasteiger partial charge in [0.25, 0.3) is 0 Å². The van der Waals surface area contributed by atoms with Gasteiger partial charge >= 0.3 is 5.97 Å². The molecule has 182 valence electrons. The van der Waals surface area contributed by atoms with Gasteiger partial charge in [-0.2, -0.15) is 0 Å². The van der Waals surface area contributed by atoms with Crippen LogP contribution in [0.1, 0.15) is 56.2 Å². The van der Waals surface area contributed by atoms with Gasteiger partial charge in [-0.3, -0.25) is 4.98 Å². The first-order valence-electron chi connectivity index (χ1n) is 11.9. The first kappa shape index (κ1) is 23.8. The van der Waals surface area contributed by atoms with Crippen molar-refractivity contribution in [3.05, 3.63) is 112 Å². The number of hydrogen-bond donors (Lipinski definition) is 2. The molecule has 1 aliphatic rings. The molecule has 0 bridgehead atoms. The van der Waals surface area contributed by atoms with Crippen molar-refractivity contribution in [2.45, 2.75) is 39.8 Å². The van der Waals surface area contributed by atoms with Gasteiger partial charge in [0.1, 0.15) is 0 Å². The average molecular weight is 497 g/mol. The molecule has 0 saturated carbocycles. The Morgan fingerprint density at radius 3 is 2.42 bits per heavy atom. The Balaban J connectivity index is 1.71. The summed E-state index contributed by atoms with van der Waals surface area (Å²) in [7, 11) is 0. The van der Waals surface area contributed by atoms with Gasteiger partial charge in [-0.1, -0.05) is 24.3 Å². The SMILES string of the molecule is Cc1ccc(N2C(=S)N[C@H](c3ccccn3)[C@@H]2c2cc(C)n(-c3ccccc3C(=O)O)c2C)cc1C. The summed E-state index contributed by atoms with van der Waals surface area (Å²) in [6, 6.07) is 21.2. The molecule has 6 nitrogen and oxygen atoms in total. The molecule has 1 saturated heterocycles. The van der Waals surface area contributed by atoms with E-state index in [0.29, 0.717) is 10.8 Å². The number of nitrogens with one attached hydrogen (secondary N) is 1. The number of aromatic nitrogens is 2. The van der Waals surface area contributed by atoms with Crippen molar-refractivity contribution in [1.29, 1.82) is 0 Å². The smallest absolute Gasteiger partial charge is 0.337 e. The van der Waals surface area contributed by atoms with Crippen LogP contribution in [0.15, 0.2) is 72.9 Å². The minimum atomic E-state index is -0.952. The zero-order valence-corrected chi connectivity index (χ0v) is 21.5. The van der Waals surface area contributed by atoms with E-state index in [0.717, 1.165) is 28.3 Å². The van der Waals surface area contributed by atoms with Crippen LogP contribution in [0.4, 0.5) is 5.69 Å². The van der Waals surface area contributed by atoms with E-state index in [1.54, 1.807) is 18.3 Å². The van der Waals surface area contributed by atoms with Crippen LogP contribution in [0, 0.1) is 27.7 Å². The topological polar surface area (TPSA) is 70.4 Å². The van der Waals surface area contributed by atoms with Gasteiger partial charge in [0.05, 0.1) is 29.0 Å². The number of carbonyl (C=O) groups is 1. The third-order valence-corrected chi connectivity index (χ3v) is 7.35. The van der Waals surface area contributed by atoms with Gasteiger partial charge in [0.2, 0.25) is 0 Å². The van der Waals surface area contributed by atoms with Gasteiger partial charge in [-0.05, 0) is 99.1 Å². The number of rotatable bonds is 5. The van der Waals surface area contributed by atoms with Crippen molar-refractivity contribution in [1.82, 2.24) is 14.9 Å². The maximum Gasteiger partial charge on any atom is 0.337 e. The van der Waals surface area contributed by atoms with Crippen LogP contribution in [0.3, 0.4) is 0 Å². The highest BCUT2D eigenvalue weighted by Crippen LogP contribution is 2.44. The monoisotopic (exact) mass is 496 g/mol. The summed E-state index contributed by atoms with van der Waals surface area (Å²) in [4.78, 5) is 18.8. The van der Waals surface area contributed by atoms with Gasteiger partial charge in [-0.15, -0.1) is 0 Å². The number of hydrogen-bond acceptors (Lipinski definition) is 3. The molecule has 1 fully saturated rings. The Kier molecular flexibility index (Phi) is 6.10. The number of nitrogens with zero attached hydrogens (tertiary/aromatic N) is 3. The molecule has 2 aromatic carbocycles. The third kappa shape index (κ3) is 3.95. The molecule has 1 aliphatic heterocycles. The van der Waals surface area contributed by atoms with Crippen LogP contribution in [-0.2, 0) is 0 Å². The zero-order chi connectivity index (χ0) is 25.6. The first-order chi connectivity index (χ1) is 17.3. The number of para-hydroxylation sites is 1. The van der Waals surface area contributed by atoms with Crippen molar-refractivity contribution in [3.63, 3.8) is 0 Å². The quantitative estimate of drug-likeness (QED) is 0.331. The second kappa shape index (κ2) is 9.24. The van der Waals surface area contributed by atoms with Crippen molar-refractivity contribution < 1.29 is 9.90 Å². The number of pyridine rings is 1. The fourth-order valence-electron chi connectivity index (χ4n) is 5.13. The van der Waals surface area contributed by atoms with E-state index in [-0.39, 0.29) is 17.6 Å². The average Bonchev–Trinajstić information content (AvgIpc) is 3.36. The normalized spacial score (nSPS) is 17.3. The molecule has 3 heterocycles. The maximum atomic E-state index is 12.0. The molecular weight excluding hydrogens is 468 g/mol. The summed E-state index contributed by atoms with van der Waals surface area (Å²) in [6.45, 7) is 8.25. The van der Waals surface area contributed by atoms with Gasteiger partial charge in [0.15, 0.2) is 5.11 Å². The lowest BCUT2D eigenvalue weighted by Gasteiger charge is -2.28. The molecule has 4 aromatic rings. The molecule has 0 unspecified atom stereocenters. The van der Waals surface area contributed by atoms with Crippen LogP contribution in [0.5, 0.6) is 0 Å². The van der Waals surface area contributed by atoms with E-state index in [9.17, 15) is 9.90 Å². The van der Waals surface area contributed by atoms with Gasteiger partial charge in [-0.25, -0.2) is 4.79 Å². The van der Waals surface area contributed by atoms with Crippen LogP contribution in [-0.4, -0.2) is 25.7 Å². The summed E-state index contributed by atoms with van der Waals surface area (Å²) in [6.07, 6.45) is 1.79. The Morgan fingerprint density at radius 2 is 1.72 bits per heavy atom. The Bertz CT molecular complexity index is 1480. The van der Waals surface area contributed by atoms with Crippen molar-refractivity contribution in [3.8, 4) is 5.69 Å². The van der Waals surface area contributed by atoms with E-state index in [4.69, 9.17) is 12.2 Å². The van der Waals surface area contributed by atoms with Crippen molar-refractivity contribution in [2.24, 2.45) is 0 Å². The summed E-state index contributed by atoms with van der Waals surface area (Å²) in [5.74, 6) is -0.952. The highest BCUT2D eigenvalue weighted by atomic mass is 32.1. The minimum absolute atomic E-state index is 0.175. The molecule has 2 aromatic heterocycles. The van der Waals surface area contributed by atoms with Crippen LogP contribution < -0.4 is 10.2 Å². The zero-order valence-electron chi connectivity index (χ0n) is 20.7. The number of carboxylic acids is 1. The van der Waals surface area contributed by atoms with Gasteiger partial charge in [0, 0.05) is 23.3 Å². The maximum absolute atomic E-state index is 12.0. The summed E-state index contributed by atoms with van der Waals surface area (Å²) >= 11 is 5.89. The molecule has 2 N–H and O–H groups in total. The molecule has 0 spiro atoms. The van der Waals surface area contributed by atoms with E-state index in [1.807, 2.05) is 48.7 Å². The molecule has 36 heavy (non-hydrogen) atoms.